The Labute approximate surface area is 300 Å². The Hall–Kier alpha value is -6.44. The lowest BCUT2D eigenvalue weighted by atomic mass is 9.75. The third-order valence-corrected chi connectivity index (χ3v) is 10.3. The van der Waals surface area contributed by atoms with E-state index >= 15 is 0 Å². The number of anilines is 3. The van der Waals surface area contributed by atoms with Gasteiger partial charge in [-0.25, -0.2) is 0 Å². The SMILES string of the molecule is c1ccc(-c2ccc(N(c3ccc(-c4ccccc4)cc3)c3ccc(-c4ccc5c(c4)-c4ccccc4C(c4ccccc4)C5)cc3)cc2)cc1. The van der Waals surface area contributed by atoms with Gasteiger partial charge in [0.25, 0.3) is 0 Å². The molecule has 9 rings (SSSR count). The van der Waals surface area contributed by atoms with E-state index in [9.17, 15) is 0 Å². The Balaban J connectivity index is 1.06. The Bertz CT molecular complexity index is 2310. The summed E-state index contributed by atoms with van der Waals surface area (Å²) in [7, 11) is 0. The van der Waals surface area contributed by atoms with Crippen LogP contribution >= 0.6 is 0 Å². The first-order chi connectivity index (χ1) is 25.3. The third-order valence-electron chi connectivity index (χ3n) is 10.3. The summed E-state index contributed by atoms with van der Waals surface area (Å²) in [5.41, 5.74) is 17.5. The molecule has 1 unspecified atom stereocenters. The third kappa shape index (κ3) is 6.05. The Morgan fingerprint density at radius 1 is 0.333 bits per heavy atom. The maximum Gasteiger partial charge on any atom is 0.0462 e. The predicted molar refractivity (Wildman–Crippen MR) is 215 cm³/mol. The van der Waals surface area contributed by atoms with Crippen molar-refractivity contribution in [3.05, 3.63) is 223 Å². The van der Waals surface area contributed by atoms with Gasteiger partial charge in [-0.2, -0.15) is 0 Å². The van der Waals surface area contributed by atoms with Crippen LogP contribution < -0.4 is 4.90 Å². The molecule has 8 aromatic rings. The minimum absolute atomic E-state index is 0.370. The molecule has 1 aliphatic carbocycles. The van der Waals surface area contributed by atoms with Crippen molar-refractivity contribution in [3.63, 3.8) is 0 Å². The zero-order chi connectivity index (χ0) is 34.0. The quantitative estimate of drug-likeness (QED) is 0.166. The first kappa shape index (κ1) is 30.6. The van der Waals surface area contributed by atoms with Crippen LogP contribution in [0.3, 0.4) is 0 Å². The summed E-state index contributed by atoms with van der Waals surface area (Å²) in [5, 5.41) is 0. The second kappa shape index (κ2) is 13.5. The van der Waals surface area contributed by atoms with Crippen molar-refractivity contribution >= 4 is 17.1 Å². The van der Waals surface area contributed by atoms with Gasteiger partial charge in [0.05, 0.1) is 0 Å². The summed E-state index contributed by atoms with van der Waals surface area (Å²) >= 11 is 0. The van der Waals surface area contributed by atoms with Gasteiger partial charge in [0.1, 0.15) is 0 Å². The largest absolute Gasteiger partial charge is 0.311 e. The number of hydrogen-bond acceptors (Lipinski definition) is 1. The fourth-order valence-corrected chi connectivity index (χ4v) is 7.66. The van der Waals surface area contributed by atoms with Crippen LogP contribution in [0.15, 0.2) is 206 Å². The summed E-state index contributed by atoms with van der Waals surface area (Å²) in [4.78, 5) is 2.35. The van der Waals surface area contributed by atoms with Gasteiger partial charge in [0.2, 0.25) is 0 Å². The first-order valence-corrected chi connectivity index (χ1v) is 17.8. The number of benzene rings is 8. The highest BCUT2D eigenvalue weighted by Crippen LogP contribution is 2.44. The van der Waals surface area contributed by atoms with Gasteiger partial charge in [0.15, 0.2) is 0 Å². The zero-order valence-corrected chi connectivity index (χ0v) is 28.4. The van der Waals surface area contributed by atoms with E-state index in [1.54, 1.807) is 0 Å². The molecule has 0 radical (unpaired) electrons. The van der Waals surface area contributed by atoms with Gasteiger partial charge in [-0.1, -0.05) is 164 Å². The van der Waals surface area contributed by atoms with E-state index < -0.39 is 0 Å². The highest BCUT2D eigenvalue weighted by Gasteiger charge is 2.26. The molecule has 0 aliphatic heterocycles. The molecular formula is C50H37N. The lowest BCUT2D eigenvalue weighted by molar-refractivity contribution is 0.794. The van der Waals surface area contributed by atoms with Gasteiger partial charge in [-0.05, 0) is 110 Å². The molecule has 0 amide bonds. The van der Waals surface area contributed by atoms with E-state index in [4.69, 9.17) is 0 Å². The molecule has 242 valence electrons. The molecule has 1 nitrogen and oxygen atoms in total. The molecule has 0 bridgehead atoms. The van der Waals surface area contributed by atoms with Crippen molar-refractivity contribution in [1.29, 1.82) is 0 Å². The topological polar surface area (TPSA) is 3.24 Å². The highest BCUT2D eigenvalue weighted by molar-refractivity contribution is 5.83. The van der Waals surface area contributed by atoms with Crippen LogP contribution in [-0.4, -0.2) is 0 Å². The van der Waals surface area contributed by atoms with E-state index in [-0.39, 0.29) is 0 Å². The standard InChI is InChI=1S/C50H37N/c1-4-12-36(13-5-1)38-22-28-44(29-23-38)51(45-30-24-39(25-31-45)37-14-6-2-7-15-37)46-32-26-40(27-33-46)42-20-21-43-35-49(41-16-8-3-9-17-41)47-18-10-11-19-48(47)50(43)34-42/h1-34,49H,35H2. The van der Waals surface area contributed by atoms with Gasteiger partial charge in [-0.3, -0.25) is 0 Å². The van der Waals surface area contributed by atoms with Gasteiger partial charge in [0, 0.05) is 23.0 Å². The van der Waals surface area contributed by atoms with E-state index in [1.165, 1.54) is 61.2 Å². The van der Waals surface area contributed by atoms with Crippen molar-refractivity contribution in [2.45, 2.75) is 12.3 Å². The van der Waals surface area contributed by atoms with Crippen LogP contribution in [-0.2, 0) is 6.42 Å². The van der Waals surface area contributed by atoms with Gasteiger partial charge >= 0.3 is 0 Å². The smallest absolute Gasteiger partial charge is 0.0462 e. The highest BCUT2D eigenvalue weighted by atomic mass is 15.1. The average Bonchev–Trinajstić information content (AvgIpc) is 3.22. The maximum atomic E-state index is 2.40. The molecule has 0 fully saturated rings. The molecule has 0 saturated heterocycles. The lowest BCUT2D eigenvalue weighted by Crippen LogP contribution is -2.12. The number of rotatable bonds is 7. The minimum atomic E-state index is 0.370. The molecule has 0 spiro atoms. The predicted octanol–water partition coefficient (Wildman–Crippen LogP) is 13.5. The molecule has 0 aromatic heterocycles. The molecular weight excluding hydrogens is 615 g/mol. The van der Waals surface area contributed by atoms with Crippen molar-refractivity contribution in [3.8, 4) is 44.5 Å². The van der Waals surface area contributed by atoms with E-state index in [0.717, 1.165) is 23.5 Å². The molecule has 0 saturated carbocycles. The minimum Gasteiger partial charge on any atom is -0.311 e. The second-order valence-corrected chi connectivity index (χ2v) is 13.3. The molecule has 51 heavy (non-hydrogen) atoms. The lowest BCUT2D eigenvalue weighted by Gasteiger charge is -2.29. The molecule has 0 N–H and O–H groups in total. The Kier molecular flexibility index (Phi) is 8.08. The summed E-state index contributed by atoms with van der Waals surface area (Å²) in [6, 6.07) is 74.9. The molecule has 1 heteroatoms. The normalized spacial score (nSPS) is 13.2. The monoisotopic (exact) mass is 651 g/mol. The van der Waals surface area contributed by atoms with E-state index in [0.29, 0.717) is 5.92 Å². The van der Waals surface area contributed by atoms with Crippen molar-refractivity contribution < 1.29 is 0 Å². The van der Waals surface area contributed by atoms with Crippen LogP contribution in [0.1, 0.15) is 22.6 Å². The Morgan fingerprint density at radius 2 is 0.745 bits per heavy atom. The second-order valence-electron chi connectivity index (χ2n) is 13.3. The molecule has 1 atom stereocenters. The number of hydrogen-bond donors (Lipinski definition) is 0. The number of nitrogens with zero attached hydrogens (tertiary/aromatic N) is 1. The van der Waals surface area contributed by atoms with Gasteiger partial charge < -0.3 is 4.90 Å². The Morgan fingerprint density at radius 3 is 1.27 bits per heavy atom. The zero-order valence-electron chi connectivity index (χ0n) is 28.4. The van der Waals surface area contributed by atoms with Crippen LogP contribution in [0.25, 0.3) is 44.5 Å². The summed E-state index contributed by atoms with van der Waals surface area (Å²) in [6.07, 6.45) is 1.01. The average molecular weight is 652 g/mol. The molecule has 0 heterocycles. The van der Waals surface area contributed by atoms with E-state index in [2.05, 4.69) is 211 Å². The summed E-state index contributed by atoms with van der Waals surface area (Å²) < 4.78 is 0. The van der Waals surface area contributed by atoms with E-state index in [1.807, 2.05) is 0 Å². The fraction of sp³-hybridized carbons (Fsp3) is 0.0400. The van der Waals surface area contributed by atoms with Crippen LogP contribution in [0.4, 0.5) is 17.1 Å². The van der Waals surface area contributed by atoms with Crippen molar-refractivity contribution in [1.82, 2.24) is 0 Å². The van der Waals surface area contributed by atoms with Crippen molar-refractivity contribution in [2.24, 2.45) is 0 Å². The first-order valence-electron chi connectivity index (χ1n) is 17.8. The van der Waals surface area contributed by atoms with Gasteiger partial charge in [-0.15, -0.1) is 0 Å². The number of fused-ring (bicyclic) bond motifs is 3. The maximum absolute atomic E-state index is 2.40. The van der Waals surface area contributed by atoms with Crippen LogP contribution in [0, 0.1) is 0 Å². The fourth-order valence-electron chi connectivity index (χ4n) is 7.66. The van der Waals surface area contributed by atoms with Crippen LogP contribution in [0.2, 0.25) is 0 Å². The molecule has 1 aliphatic rings. The summed E-state index contributed by atoms with van der Waals surface area (Å²) in [6.45, 7) is 0. The van der Waals surface area contributed by atoms with Crippen molar-refractivity contribution in [2.75, 3.05) is 4.90 Å². The van der Waals surface area contributed by atoms with Crippen LogP contribution in [0.5, 0.6) is 0 Å². The molecule has 8 aromatic carbocycles. The summed E-state index contributed by atoms with van der Waals surface area (Å²) in [5.74, 6) is 0.370.